The zero-order chi connectivity index (χ0) is 16.7. The summed E-state index contributed by atoms with van der Waals surface area (Å²) in [6.45, 7) is 1.47. The third-order valence-corrected chi connectivity index (χ3v) is 3.39. The molecule has 0 spiro atoms. The minimum Gasteiger partial charge on any atom is -0.482 e. The van der Waals surface area contributed by atoms with Crippen molar-refractivity contribution in [1.82, 2.24) is 5.32 Å². The Morgan fingerprint density at radius 1 is 1.26 bits per heavy atom. The van der Waals surface area contributed by atoms with Gasteiger partial charge in [-0.3, -0.25) is 4.79 Å². The molecule has 0 bridgehead atoms. The Morgan fingerprint density at radius 2 is 2.00 bits per heavy atom. The molecule has 1 heterocycles. The number of amides is 1. The second kappa shape index (κ2) is 8.38. The Morgan fingerprint density at radius 3 is 2.65 bits per heavy atom. The van der Waals surface area contributed by atoms with E-state index in [2.05, 4.69) is 21.2 Å². The van der Waals surface area contributed by atoms with E-state index in [4.69, 9.17) is 13.9 Å². The number of halogens is 1. The van der Waals surface area contributed by atoms with E-state index in [1.165, 1.54) is 13.2 Å². The Kier molecular flexibility index (Phi) is 6.22. The Bertz CT molecular complexity index is 639. The Hall–Kier alpha value is -2.28. The van der Waals surface area contributed by atoms with Gasteiger partial charge < -0.3 is 19.2 Å². The molecular formula is C16H16BrNO5. The van der Waals surface area contributed by atoms with Crippen LogP contribution in [0.25, 0.3) is 0 Å². The molecule has 0 aliphatic rings. The number of carbonyl (C=O) groups is 2. The zero-order valence-electron chi connectivity index (χ0n) is 12.5. The van der Waals surface area contributed by atoms with Gasteiger partial charge >= 0.3 is 5.97 Å². The zero-order valence-corrected chi connectivity index (χ0v) is 14.0. The molecule has 0 saturated heterocycles. The topological polar surface area (TPSA) is 77.8 Å². The summed E-state index contributed by atoms with van der Waals surface area (Å²) in [4.78, 5) is 23.5. The fraction of sp³-hybridized carbons (Fsp3) is 0.250. The Labute approximate surface area is 141 Å². The van der Waals surface area contributed by atoms with Gasteiger partial charge in [0.1, 0.15) is 11.5 Å². The average molecular weight is 382 g/mol. The molecule has 2 aromatic rings. The highest BCUT2D eigenvalue weighted by molar-refractivity contribution is 9.10. The normalized spacial score (nSPS) is 11.6. The number of hydrogen-bond acceptors (Lipinski definition) is 5. The van der Waals surface area contributed by atoms with Crippen molar-refractivity contribution in [1.29, 1.82) is 0 Å². The number of carbonyl (C=O) groups excluding carboxylic acids is 2. The molecule has 1 N–H and O–H groups in total. The van der Waals surface area contributed by atoms with Crippen LogP contribution in [0.3, 0.4) is 0 Å². The predicted octanol–water partition coefficient (Wildman–Crippen LogP) is 2.67. The maximum Gasteiger partial charge on any atom is 0.344 e. The summed E-state index contributed by atoms with van der Waals surface area (Å²) in [5.41, 5.74) is 0. The minimum atomic E-state index is -0.911. The van der Waals surface area contributed by atoms with Gasteiger partial charge in [0, 0.05) is 4.47 Å². The van der Waals surface area contributed by atoms with Gasteiger partial charge in [-0.05, 0) is 43.3 Å². The molecule has 2 rings (SSSR count). The van der Waals surface area contributed by atoms with Gasteiger partial charge in [0.2, 0.25) is 0 Å². The number of rotatable bonds is 7. The van der Waals surface area contributed by atoms with Crippen molar-refractivity contribution < 1.29 is 23.5 Å². The highest BCUT2D eigenvalue weighted by atomic mass is 79.9. The van der Waals surface area contributed by atoms with Crippen molar-refractivity contribution in [3.8, 4) is 5.75 Å². The summed E-state index contributed by atoms with van der Waals surface area (Å²) in [6.07, 6.45) is 0.607. The van der Waals surface area contributed by atoms with Crippen molar-refractivity contribution >= 4 is 27.8 Å². The molecule has 0 radical (unpaired) electrons. The van der Waals surface area contributed by atoms with Gasteiger partial charge in [0.15, 0.2) is 12.7 Å². The number of esters is 1. The molecule has 6 nitrogen and oxygen atoms in total. The van der Waals surface area contributed by atoms with Crippen LogP contribution in [0, 0.1) is 0 Å². The SMILES string of the molecule is CC(OC(=O)COc1ccc(Br)cc1)C(=O)NCc1ccco1. The fourth-order valence-electron chi connectivity index (χ4n) is 1.69. The molecule has 1 aromatic carbocycles. The second-order valence-electron chi connectivity index (χ2n) is 4.67. The second-order valence-corrected chi connectivity index (χ2v) is 5.59. The van der Waals surface area contributed by atoms with E-state index in [0.29, 0.717) is 11.5 Å². The van der Waals surface area contributed by atoms with Crippen LogP contribution in [0.4, 0.5) is 0 Å². The molecule has 23 heavy (non-hydrogen) atoms. The van der Waals surface area contributed by atoms with E-state index in [-0.39, 0.29) is 13.2 Å². The molecule has 0 aliphatic carbocycles. The lowest BCUT2D eigenvalue weighted by atomic mass is 10.3. The Balaban J connectivity index is 1.71. The van der Waals surface area contributed by atoms with Gasteiger partial charge in [-0.2, -0.15) is 0 Å². The van der Waals surface area contributed by atoms with E-state index >= 15 is 0 Å². The molecule has 0 saturated carbocycles. The van der Waals surface area contributed by atoms with Crippen LogP contribution >= 0.6 is 15.9 Å². The standard InChI is InChI=1S/C16H16BrNO5/c1-11(16(20)18-9-14-3-2-8-21-14)23-15(19)10-22-13-6-4-12(17)5-7-13/h2-8,11H,9-10H2,1H3,(H,18,20). The molecule has 7 heteroatoms. The first-order valence-corrected chi connectivity index (χ1v) is 7.72. The molecule has 0 aliphatic heterocycles. The summed E-state index contributed by atoms with van der Waals surface area (Å²) < 4.78 is 16.3. The van der Waals surface area contributed by atoms with E-state index in [0.717, 1.165) is 4.47 Å². The lowest BCUT2D eigenvalue weighted by molar-refractivity contribution is -0.156. The first-order valence-electron chi connectivity index (χ1n) is 6.92. The molecule has 1 unspecified atom stereocenters. The molecule has 0 fully saturated rings. The number of furan rings is 1. The van der Waals surface area contributed by atoms with Gasteiger partial charge in [-0.25, -0.2) is 4.79 Å². The maximum atomic E-state index is 11.8. The van der Waals surface area contributed by atoms with Crippen molar-refractivity contribution in [2.45, 2.75) is 19.6 Å². The van der Waals surface area contributed by atoms with Crippen LogP contribution in [-0.4, -0.2) is 24.6 Å². The number of hydrogen-bond donors (Lipinski definition) is 1. The summed E-state index contributed by atoms with van der Waals surface area (Å²) in [6, 6.07) is 10.5. The van der Waals surface area contributed by atoms with Crippen LogP contribution in [0.15, 0.2) is 51.6 Å². The van der Waals surface area contributed by atoms with E-state index < -0.39 is 18.0 Å². The van der Waals surface area contributed by atoms with E-state index in [1.54, 1.807) is 36.4 Å². The van der Waals surface area contributed by atoms with Crippen LogP contribution in [0.5, 0.6) is 5.75 Å². The fourth-order valence-corrected chi connectivity index (χ4v) is 1.95. The summed E-state index contributed by atoms with van der Waals surface area (Å²) in [5.74, 6) is 0.141. The smallest absolute Gasteiger partial charge is 0.344 e. The van der Waals surface area contributed by atoms with Gasteiger partial charge in [-0.15, -0.1) is 0 Å². The molecule has 1 aromatic heterocycles. The molecule has 122 valence electrons. The first kappa shape index (κ1) is 17.1. The van der Waals surface area contributed by atoms with Crippen molar-refractivity contribution in [2.75, 3.05) is 6.61 Å². The highest BCUT2D eigenvalue weighted by Crippen LogP contribution is 2.16. The predicted molar refractivity (Wildman–Crippen MR) is 85.7 cm³/mol. The summed E-state index contributed by atoms with van der Waals surface area (Å²) in [5, 5.41) is 2.61. The largest absolute Gasteiger partial charge is 0.482 e. The number of benzene rings is 1. The third kappa shape index (κ3) is 5.78. The van der Waals surface area contributed by atoms with Crippen LogP contribution in [-0.2, 0) is 20.9 Å². The first-order chi connectivity index (χ1) is 11.0. The van der Waals surface area contributed by atoms with Gasteiger partial charge in [0.25, 0.3) is 5.91 Å². The van der Waals surface area contributed by atoms with Gasteiger partial charge in [0.05, 0.1) is 12.8 Å². The molecular weight excluding hydrogens is 366 g/mol. The van der Waals surface area contributed by atoms with Crippen molar-refractivity contribution in [3.63, 3.8) is 0 Å². The highest BCUT2D eigenvalue weighted by Gasteiger charge is 2.18. The number of ether oxygens (including phenoxy) is 2. The lowest BCUT2D eigenvalue weighted by Gasteiger charge is -2.13. The van der Waals surface area contributed by atoms with E-state index in [9.17, 15) is 9.59 Å². The monoisotopic (exact) mass is 381 g/mol. The van der Waals surface area contributed by atoms with Crippen molar-refractivity contribution in [2.24, 2.45) is 0 Å². The van der Waals surface area contributed by atoms with Crippen LogP contribution in [0.1, 0.15) is 12.7 Å². The average Bonchev–Trinajstić information content (AvgIpc) is 3.05. The molecule has 1 amide bonds. The number of nitrogens with one attached hydrogen (secondary N) is 1. The summed E-state index contributed by atoms with van der Waals surface area (Å²) >= 11 is 3.30. The third-order valence-electron chi connectivity index (χ3n) is 2.86. The molecule has 1 atom stereocenters. The van der Waals surface area contributed by atoms with Crippen LogP contribution < -0.4 is 10.1 Å². The van der Waals surface area contributed by atoms with Crippen molar-refractivity contribution in [3.05, 3.63) is 52.9 Å². The lowest BCUT2D eigenvalue weighted by Crippen LogP contribution is -2.36. The summed E-state index contributed by atoms with van der Waals surface area (Å²) in [7, 11) is 0. The van der Waals surface area contributed by atoms with Gasteiger partial charge in [-0.1, -0.05) is 15.9 Å². The van der Waals surface area contributed by atoms with E-state index in [1.807, 2.05) is 0 Å². The maximum absolute atomic E-state index is 11.8. The minimum absolute atomic E-state index is 0.239. The quantitative estimate of drug-likeness (QED) is 0.745. The van der Waals surface area contributed by atoms with Crippen LogP contribution in [0.2, 0.25) is 0 Å².